The van der Waals surface area contributed by atoms with Crippen LogP contribution >= 0.6 is 11.6 Å². The number of ether oxygens (including phenoxy) is 1. The Morgan fingerprint density at radius 3 is 2.64 bits per heavy atom. The van der Waals surface area contributed by atoms with Crippen molar-refractivity contribution in [3.63, 3.8) is 0 Å². The summed E-state index contributed by atoms with van der Waals surface area (Å²) >= 11 is 5.87. The number of aromatic nitrogens is 1. The maximum atomic E-state index is 11.8. The van der Waals surface area contributed by atoms with E-state index in [-0.39, 0.29) is 12.1 Å². The Morgan fingerprint density at radius 1 is 1.32 bits per heavy atom. The molecule has 2 unspecified atom stereocenters. The van der Waals surface area contributed by atoms with E-state index in [2.05, 4.69) is 15.6 Å². The fourth-order valence-electron chi connectivity index (χ4n) is 2.62. The van der Waals surface area contributed by atoms with Crippen LogP contribution in [0.15, 0.2) is 12.1 Å². The molecular formula is C16H24ClN3O2. The first-order valence-electron chi connectivity index (χ1n) is 7.62. The first-order valence-corrected chi connectivity index (χ1v) is 8.00. The van der Waals surface area contributed by atoms with Crippen molar-refractivity contribution < 1.29 is 9.53 Å². The minimum absolute atomic E-state index is 0.146. The van der Waals surface area contributed by atoms with E-state index in [9.17, 15) is 4.79 Å². The molecule has 1 heterocycles. The number of carbonyl (C=O) groups is 1. The molecule has 5 nitrogen and oxygen atoms in total. The summed E-state index contributed by atoms with van der Waals surface area (Å²) in [6.07, 6.45) is 2.48. The molecule has 2 rings (SSSR count). The zero-order valence-corrected chi connectivity index (χ0v) is 14.3. The van der Waals surface area contributed by atoms with E-state index < -0.39 is 5.60 Å². The van der Waals surface area contributed by atoms with Crippen molar-refractivity contribution in [2.45, 2.75) is 64.6 Å². The molecule has 122 valence electrons. The first kappa shape index (κ1) is 16.9. The van der Waals surface area contributed by atoms with E-state index in [1.807, 2.05) is 33.8 Å². The first-order chi connectivity index (χ1) is 10.2. The Hall–Kier alpha value is -1.49. The van der Waals surface area contributed by atoms with Crippen LogP contribution in [0.25, 0.3) is 0 Å². The number of hydrogen-bond acceptors (Lipinski definition) is 4. The highest BCUT2D eigenvalue weighted by molar-refractivity contribution is 6.29. The average molecular weight is 326 g/mol. The lowest BCUT2D eigenvalue weighted by Gasteiger charge is -2.22. The number of aryl methyl sites for hydroxylation is 1. The molecule has 0 radical (unpaired) electrons. The van der Waals surface area contributed by atoms with Gasteiger partial charge in [-0.25, -0.2) is 9.78 Å². The summed E-state index contributed by atoms with van der Waals surface area (Å²) in [5.74, 6) is 0. The molecule has 1 amide bonds. The fraction of sp³-hybridized carbons (Fsp3) is 0.625. The zero-order valence-electron chi connectivity index (χ0n) is 13.6. The number of anilines is 1. The van der Waals surface area contributed by atoms with Gasteiger partial charge in [0.05, 0.1) is 11.4 Å². The molecule has 1 aliphatic rings. The summed E-state index contributed by atoms with van der Waals surface area (Å²) in [5.41, 5.74) is 1.41. The van der Waals surface area contributed by atoms with Gasteiger partial charge in [0.15, 0.2) is 0 Å². The summed E-state index contributed by atoms with van der Waals surface area (Å²) in [7, 11) is 0. The molecule has 0 aliphatic heterocycles. The minimum atomic E-state index is -0.466. The van der Waals surface area contributed by atoms with Gasteiger partial charge in [-0.1, -0.05) is 11.6 Å². The number of nitrogens with zero attached hydrogens (tertiary/aromatic N) is 1. The van der Waals surface area contributed by atoms with Crippen LogP contribution in [0.5, 0.6) is 0 Å². The lowest BCUT2D eigenvalue weighted by molar-refractivity contribution is 0.0505. The molecule has 0 aromatic carbocycles. The fourth-order valence-corrected chi connectivity index (χ4v) is 2.81. The van der Waals surface area contributed by atoms with Gasteiger partial charge in [0.1, 0.15) is 10.8 Å². The third-order valence-electron chi connectivity index (χ3n) is 3.56. The third kappa shape index (κ3) is 5.05. The Kier molecular flexibility index (Phi) is 5.16. The van der Waals surface area contributed by atoms with Gasteiger partial charge in [0, 0.05) is 12.1 Å². The van der Waals surface area contributed by atoms with Crippen LogP contribution in [0.2, 0.25) is 5.15 Å². The lowest BCUT2D eigenvalue weighted by atomic mass is 10.2. The molecule has 0 bridgehead atoms. The minimum Gasteiger partial charge on any atom is -0.444 e. The van der Waals surface area contributed by atoms with Crippen molar-refractivity contribution in [1.82, 2.24) is 10.3 Å². The van der Waals surface area contributed by atoms with E-state index in [0.29, 0.717) is 11.2 Å². The van der Waals surface area contributed by atoms with Crippen LogP contribution in [0, 0.1) is 6.92 Å². The highest BCUT2D eigenvalue weighted by Gasteiger charge is 2.27. The van der Waals surface area contributed by atoms with Crippen molar-refractivity contribution in [2.75, 3.05) is 5.32 Å². The average Bonchev–Trinajstić information content (AvgIpc) is 2.77. The Labute approximate surface area is 136 Å². The van der Waals surface area contributed by atoms with Crippen LogP contribution < -0.4 is 10.6 Å². The second-order valence-electron chi connectivity index (χ2n) is 6.76. The smallest absolute Gasteiger partial charge is 0.407 e. The molecule has 1 saturated carbocycles. The molecule has 2 atom stereocenters. The predicted molar refractivity (Wildman–Crippen MR) is 88.4 cm³/mol. The van der Waals surface area contributed by atoms with Crippen molar-refractivity contribution in [1.29, 1.82) is 0 Å². The SMILES string of the molecule is Cc1nc(Cl)ccc1NC1CCC(NC(=O)OC(C)(C)C)C1. The zero-order chi connectivity index (χ0) is 16.3. The van der Waals surface area contributed by atoms with E-state index >= 15 is 0 Å². The Balaban J connectivity index is 1.84. The van der Waals surface area contributed by atoms with Gasteiger partial charge >= 0.3 is 6.09 Å². The van der Waals surface area contributed by atoms with Gasteiger partial charge in [-0.2, -0.15) is 0 Å². The number of nitrogens with one attached hydrogen (secondary N) is 2. The van der Waals surface area contributed by atoms with Gasteiger partial charge in [0.25, 0.3) is 0 Å². The number of rotatable bonds is 3. The monoisotopic (exact) mass is 325 g/mol. The summed E-state index contributed by atoms with van der Waals surface area (Å²) in [5, 5.41) is 6.91. The lowest BCUT2D eigenvalue weighted by Crippen LogP contribution is -2.38. The number of alkyl carbamates (subject to hydrolysis) is 1. The highest BCUT2D eigenvalue weighted by atomic mass is 35.5. The van der Waals surface area contributed by atoms with E-state index in [1.54, 1.807) is 6.07 Å². The van der Waals surface area contributed by atoms with Crippen LogP contribution in [0.4, 0.5) is 10.5 Å². The van der Waals surface area contributed by atoms with Crippen LogP contribution in [0.1, 0.15) is 45.7 Å². The summed E-state index contributed by atoms with van der Waals surface area (Å²) in [6.45, 7) is 7.52. The predicted octanol–water partition coefficient (Wildman–Crippen LogP) is 3.90. The van der Waals surface area contributed by atoms with Crippen LogP contribution in [-0.2, 0) is 4.74 Å². The standard InChI is InChI=1S/C16H24ClN3O2/c1-10-13(7-8-14(17)18-10)19-11-5-6-12(9-11)20-15(21)22-16(2,3)4/h7-8,11-12,19H,5-6,9H2,1-4H3,(H,20,21). The van der Waals surface area contributed by atoms with E-state index in [1.165, 1.54) is 0 Å². The highest BCUT2D eigenvalue weighted by Crippen LogP contribution is 2.25. The number of pyridine rings is 1. The van der Waals surface area contributed by atoms with Crippen molar-refractivity contribution >= 4 is 23.4 Å². The molecule has 1 fully saturated rings. The molecule has 22 heavy (non-hydrogen) atoms. The quantitative estimate of drug-likeness (QED) is 0.827. The van der Waals surface area contributed by atoms with Gasteiger partial charge in [-0.05, 0) is 59.1 Å². The Morgan fingerprint density at radius 2 is 2.00 bits per heavy atom. The molecule has 1 aliphatic carbocycles. The van der Waals surface area contributed by atoms with Gasteiger partial charge in [-0.3, -0.25) is 0 Å². The summed E-state index contributed by atoms with van der Waals surface area (Å²) < 4.78 is 5.29. The number of amides is 1. The van der Waals surface area contributed by atoms with E-state index in [0.717, 1.165) is 30.6 Å². The molecule has 1 aromatic rings. The van der Waals surface area contributed by atoms with Crippen LogP contribution in [-0.4, -0.2) is 28.8 Å². The molecule has 6 heteroatoms. The number of hydrogen-bond donors (Lipinski definition) is 2. The molecule has 0 spiro atoms. The number of carbonyl (C=O) groups excluding carboxylic acids is 1. The van der Waals surface area contributed by atoms with Gasteiger partial charge in [0.2, 0.25) is 0 Å². The van der Waals surface area contributed by atoms with Crippen molar-refractivity contribution in [2.24, 2.45) is 0 Å². The largest absolute Gasteiger partial charge is 0.444 e. The van der Waals surface area contributed by atoms with E-state index in [4.69, 9.17) is 16.3 Å². The van der Waals surface area contributed by atoms with Crippen molar-refractivity contribution in [3.8, 4) is 0 Å². The summed E-state index contributed by atoms with van der Waals surface area (Å²) in [4.78, 5) is 16.0. The molecular weight excluding hydrogens is 302 g/mol. The van der Waals surface area contributed by atoms with Gasteiger partial charge < -0.3 is 15.4 Å². The number of halogens is 1. The normalized spacial score (nSPS) is 21.5. The second kappa shape index (κ2) is 6.73. The summed E-state index contributed by atoms with van der Waals surface area (Å²) in [6, 6.07) is 4.19. The third-order valence-corrected chi connectivity index (χ3v) is 3.78. The topological polar surface area (TPSA) is 63.2 Å². The molecule has 1 aromatic heterocycles. The van der Waals surface area contributed by atoms with Crippen LogP contribution in [0.3, 0.4) is 0 Å². The molecule has 0 saturated heterocycles. The maximum Gasteiger partial charge on any atom is 0.407 e. The second-order valence-corrected chi connectivity index (χ2v) is 7.15. The Bertz CT molecular complexity index is 543. The van der Waals surface area contributed by atoms with Gasteiger partial charge in [-0.15, -0.1) is 0 Å². The van der Waals surface area contributed by atoms with Crippen molar-refractivity contribution in [3.05, 3.63) is 23.0 Å². The molecule has 2 N–H and O–H groups in total. The maximum absolute atomic E-state index is 11.8.